The second kappa shape index (κ2) is 8.19. The molecule has 0 fully saturated rings. The van der Waals surface area contributed by atoms with Gasteiger partial charge in [0.05, 0.1) is 11.6 Å². The average molecular weight is 379 g/mol. The van der Waals surface area contributed by atoms with E-state index in [4.69, 9.17) is 0 Å². The Morgan fingerprint density at radius 3 is 2.52 bits per heavy atom. The molecule has 0 aliphatic carbocycles. The van der Waals surface area contributed by atoms with E-state index < -0.39 is 0 Å². The van der Waals surface area contributed by atoms with Crippen LogP contribution < -0.4 is 5.56 Å². The summed E-state index contributed by atoms with van der Waals surface area (Å²) in [6, 6.07) is 16.0. The zero-order chi connectivity index (χ0) is 19.4. The van der Waals surface area contributed by atoms with E-state index in [1.54, 1.807) is 38.2 Å². The first-order valence-corrected chi connectivity index (χ1v) is 9.40. The molecular formula is C21H18FN3OS. The highest BCUT2D eigenvalue weighted by molar-refractivity contribution is 7.98. The molecule has 0 aliphatic rings. The lowest BCUT2D eigenvalue weighted by Crippen LogP contribution is -2.26. The first kappa shape index (κ1) is 18.9. The second-order valence-corrected chi connectivity index (χ2v) is 7.09. The predicted octanol–water partition coefficient (Wildman–Crippen LogP) is 3.98. The lowest BCUT2D eigenvalue weighted by molar-refractivity contribution is 0.611. The van der Waals surface area contributed by atoms with Crippen LogP contribution in [-0.2, 0) is 19.2 Å². The highest BCUT2D eigenvalue weighted by Crippen LogP contribution is 2.23. The summed E-state index contributed by atoms with van der Waals surface area (Å²) in [5, 5.41) is 9.77. The Morgan fingerprint density at radius 2 is 1.81 bits per heavy atom. The van der Waals surface area contributed by atoms with Crippen LogP contribution >= 0.6 is 11.8 Å². The molecule has 27 heavy (non-hydrogen) atoms. The highest BCUT2D eigenvalue weighted by Gasteiger charge is 2.15. The van der Waals surface area contributed by atoms with Crippen LogP contribution in [0.3, 0.4) is 0 Å². The van der Waals surface area contributed by atoms with Crippen molar-refractivity contribution in [2.75, 3.05) is 0 Å². The topological polar surface area (TPSA) is 58.7 Å². The third-order valence-electron chi connectivity index (χ3n) is 4.37. The Morgan fingerprint density at radius 1 is 1.15 bits per heavy atom. The van der Waals surface area contributed by atoms with E-state index in [-0.39, 0.29) is 17.8 Å². The molecule has 3 aromatic rings. The summed E-state index contributed by atoms with van der Waals surface area (Å²) in [6.45, 7) is 1.77. The molecule has 1 aromatic heterocycles. The Kier molecular flexibility index (Phi) is 5.72. The van der Waals surface area contributed by atoms with Crippen molar-refractivity contribution in [3.8, 4) is 6.07 Å². The second-order valence-electron chi connectivity index (χ2n) is 6.15. The van der Waals surface area contributed by atoms with Gasteiger partial charge in [-0.15, -0.1) is 0 Å². The summed E-state index contributed by atoms with van der Waals surface area (Å²) < 4.78 is 15.4. The normalized spacial score (nSPS) is 10.6. The number of nitriles is 1. The zero-order valence-electron chi connectivity index (χ0n) is 15.1. The fraction of sp³-hybridized carbons (Fsp3) is 0.190. The van der Waals surface area contributed by atoms with Crippen molar-refractivity contribution in [2.45, 2.75) is 24.3 Å². The van der Waals surface area contributed by atoms with Gasteiger partial charge in [-0.2, -0.15) is 5.26 Å². The van der Waals surface area contributed by atoms with E-state index in [9.17, 15) is 14.4 Å². The minimum absolute atomic E-state index is 0.179. The largest absolute Gasteiger partial charge is 0.291 e. The number of benzene rings is 2. The van der Waals surface area contributed by atoms with Crippen LogP contribution in [0.1, 0.15) is 27.9 Å². The van der Waals surface area contributed by atoms with Crippen molar-refractivity contribution >= 4 is 11.8 Å². The van der Waals surface area contributed by atoms with Gasteiger partial charge in [0.1, 0.15) is 5.82 Å². The molecule has 136 valence electrons. The average Bonchev–Trinajstić information content (AvgIpc) is 2.68. The molecule has 0 amide bonds. The third-order valence-corrected chi connectivity index (χ3v) is 5.45. The molecule has 0 spiro atoms. The van der Waals surface area contributed by atoms with Gasteiger partial charge in [0.15, 0.2) is 5.16 Å². The van der Waals surface area contributed by atoms with Crippen LogP contribution in [-0.4, -0.2) is 9.55 Å². The van der Waals surface area contributed by atoms with Crippen molar-refractivity contribution in [3.63, 3.8) is 0 Å². The maximum absolute atomic E-state index is 13.9. The molecule has 4 nitrogen and oxygen atoms in total. The standard InChI is InChI=1S/C21H18FN3OS/c1-14-18(11-15-7-5-6-10-19(15)22)20(26)25(2)21(24-14)27-13-17-9-4-3-8-16(17)12-23/h3-10H,11,13H2,1-2H3. The van der Waals surface area contributed by atoms with Crippen LogP contribution in [0.4, 0.5) is 4.39 Å². The SMILES string of the molecule is Cc1nc(SCc2ccccc2C#N)n(C)c(=O)c1Cc1ccccc1F. The number of aromatic nitrogens is 2. The van der Waals surface area contributed by atoms with E-state index in [2.05, 4.69) is 11.1 Å². The summed E-state index contributed by atoms with van der Waals surface area (Å²) in [5.41, 5.74) is 2.89. The quantitative estimate of drug-likeness (QED) is 0.497. The van der Waals surface area contributed by atoms with Gasteiger partial charge in [-0.1, -0.05) is 48.2 Å². The number of rotatable bonds is 5. The maximum Gasteiger partial charge on any atom is 0.257 e. The predicted molar refractivity (Wildman–Crippen MR) is 104 cm³/mol. The minimum atomic E-state index is -0.328. The molecule has 3 rings (SSSR count). The number of hydrogen-bond acceptors (Lipinski definition) is 4. The van der Waals surface area contributed by atoms with Crippen molar-refractivity contribution in [1.29, 1.82) is 5.26 Å². The van der Waals surface area contributed by atoms with Crippen LogP contribution in [0.2, 0.25) is 0 Å². The Bertz CT molecular complexity index is 1090. The van der Waals surface area contributed by atoms with Crippen molar-refractivity contribution in [2.24, 2.45) is 7.05 Å². The molecule has 2 aromatic carbocycles. The summed E-state index contributed by atoms with van der Waals surface area (Å²) in [7, 11) is 1.66. The van der Waals surface area contributed by atoms with Crippen LogP contribution in [0.25, 0.3) is 0 Å². The van der Waals surface area contributed by atoms with Crippen LogP contribution in [0, 0.1) is 24.1 Å². The van der Waals surface area contributed by atoms with E-state index in [1.807, 2.05) is 18.2 Å². The Hall–Kier alpha value is -2.91. The van der Waals surface area contributed by atoms with Gasteiger partial charge < -0.3 is 0 Å². The van der Waals surface area contributed by atoms with Gasteiger partial charge in [-0.3, -0.25) is 9.36 Å². The smallest absolute Gasteiger partial charge is 0.257 e. The third kappa shape index (κ3) is 4.09. The first-order valence-electron chi connectivity index (χ1n) is 8.42. The monoisotopic (exact) mass is 379 g/mol. The summed E-state index contributed by atoms with van der Waals surface area (Å²) in [6.07, 6.45) is 0.209. The summed E-state index contributed by atoms with van der Waals surface area (Å²) in [5.74, 6) is 0.210. The van der Waals surface area contributed by atoms with Gasteiger partial charge in [0.25, 0.3) is 5.56 Å². The van der Waals surface area contributed by atoms with Crippen molar-refractivity contribution in [1.82, 2.24) is 9.55 Å². The molecule has 0 bridgehead atoms. The highest BCUT2D eigenvalue weighted by atomic mass is 32.2. The van der Waals surface area contributed by atoms with Gasteiger partial charge >= 0.3 is 0 Å². The zero-order valence-corrected chi connectivity index (χ0v) is 15.9. The molecular weight excluding hydrogens is 361 g/mol. The number of halogens is 1. The number of nitrogens with zero attached hydrogens (tertiary/aromatic N) is 3. The van der Waals surface area contributed by atoms with E-state index in [1.165, 1.54) is 22.4 Å². The minimum Gasteiger partial charge on any atom is -0.291 e. The maximum atomic E-state index is 13.9. The summed E-state index contributed by atoms with van der Waals surface area (Å²) >= 11 is 1.40. The molecule has 0 unspecified atom stereocenters. The van der Waals surface area contributed by atoms with Gasteiger partial charge in [0.2, 0.25) is 0 Å². The lowest BCUT2D eigenvalue weighted by Gasteiger charge is -2.12. The van der Waals surface area contributed by atoms with Crippen molar-refractivity contribution in [3.05, 3.63) is 92.6 Å². The van der Waals surface area contributed by atoms with E-state index in [0.29, 0.717) is 33.3 Å². The van der Waals surface area contributed by atoms with E-state index in [0.717, 1.165) is 5.56 Å². The molecule has 0 saturated carbocycles. The Balaban J connectivity index is 1.88. The molecule has 0 aliphatic heterocycles. The molecule has 0 saturated heterocycles. The first-order chi connectivity index (χ1) is 13.0. The van der Waals surface area contributed by atoms with Gasteiger partial charge in [-0.25, -0.2) is 9.37 Å². The summed E-state index contributed by atoms with van der Waals surface area (Å²) in [4.78, 5) is 17.3. The Labute approximate surface area is 161 Å². The van der Waals surface area contributed by atoms with Gasteiger partial charge in [0, 0.05) is 30.5 Å². The van der Waals surface area contributed by atoms with Crippen LogP contribution in [0.15, 0.2) is 58.5 Å². The number of aryl methyl sites for hydroxylation is 1. The fourth-order valence-corrected chi connectivity index (χ4v) is 3.81. The fourth-order valence-electron chi connectivity index (χ4n) is 2.79. The van der Waals surface area contributed by atoms with E-state index >= 15 is 0 Å². The molecule has 6 heteroatoms. The molecule has 0 atom stereocenters. The molecule has 0 N–H and O–H groups in total. The van der Waals surface area contributed by atoms with Crippen LogP contribution in [0.5, 0.6) is 0 Å². The van der Waals surface area contributed by atoms with Gasteiger partial charge in [-0.05, 0) is 30.2 Å². The molecule has 0 radical (unpaired) electrons. The number of hydrogen-bond donors (Lipinski definition) is 0. The molecule has 1 heterocycles. The lowest BCUT2D eigenvalue weighted by atomic mass is 10.0. The van der Waals surface area contributed by atoms with Crippen molar-refractivity contribution < 1.29 is 4.39 Å². The number of thioether (sulfide) groups is 1.